The maximum Gasteiger partial charge on any atom is 0.205 e. The van der Waals surface area contributed by atoms with Crippen molar-refractivity contribution >= 4 is 54.6 Å². The van der Waals surface area contributed by atoms with Gasteiger partial charge in [-0.25, -0.2) is 4.98 Å². The average molecular weight is 754 g/mol. The van der Waals surface area contributed by atoms with Gasteiger partial charge in [0.2, 0.25) is 5.88 Å². The summed E-state index contributed by atoms with van der Waals surface area (Å²) in [6.45, 7) is 0. The van der Waals surface area contributed by atoms with Gasteiger partial charge in [-0.05, 0) is 89.0 Å². The Labute approximate surface area is 340 Å². The zero-order valence-electron chi connectivity index (χ0n) is 32.0. The zero-order chi connectivity index (χ0) is 38.9. The van der Waals surface area contributed by atoms with Crippen LogP contribution in [0, 0.1) is 0 Å². The second kappa shape index (κ2) is 13.3. The van der Waals surface area contributed by atoms with Crippen LogP contribution >= 0.6 is 0 Å². The van der Waals surface area contributed by atoms with Crippen LogP contribution < -0.4 is 0 Å². The summed E-state index contributed by atoms with van der Waals surface area (Å²) in [5, 5.41) is 5.94. The number of furan rings is 1. The third kappa shape index (κ3) is 5.49. The van der Waals surface area contributed by atoms with Crippen LogP contribution in [0.1, 0.15) is 0 Å². The van der Waals surface area contributed by atoms with E-state index >= 15 is 0 Å². The summed E-state index contributed by atoms with van der Waals surface area (Å²) in [5.41, 5.74) is 15.4. The minimum Gasteiger partial charge on any atom is -0.440 e. The SMILES string of the molecule is c1ccc(-c2cc(-c3ccc(-n4c5ccccc5c5cc(-c6ccc7c(c6)c6ccccc6n7-c6cc7ccccc7o6)ccc54)cc3)cc(-c3ccccc3)n2)cc1. The monoisotopic (exact) mass is 753 g/mol. The fourth-order valence-corrected chi connectivity index (χ4v) is 8.91. The molecule has 0 bridgehead atoms. The standard InChI is InChI=1S/C55H35N3O/c1-3-13-37(14-4-1)48-33-42(34-49(56-48)38-15-5-2-6-16-38)36-23-27-43(28-24-36)57-50-20-10-8-18-44(50)46-31-39(25-29-52(46)57)40-26-30-53-47(32-40)45-19-9-11-21-51(45)58(53)55-35-41-17-7-12-22-54(41)59-55/h1-35H. The van der Waals surface area contributed by atoms with Crippen molar-refractivity contribution in [3.05, 3.63) is 212 Å². The van der Waals surface area contributed by atoms with Gasteiger partial charge in [0.15, 0.2) is 0 Å². The highest BCUT2D eigenvalue weighted by atomic mass is 16.4. The first-order valence-electron chi connectivity index (χ1n) is 20.0. The van der Waals surface area contributed by atoms with Gasteiger partial charge in [0, 0.05) is 49.8 Å². The van der Waals surface area contributed by atoms with Gasteiger partial charge in [0.05, 0.1) is 33.5 Å². The van der Waals surface area contributed by atoms with E-state index in [1.165, 1.54) is 43.7 Å². The zero-order valence-corrected chi connectivity index (χ0v) is 32.0. The maximum atomic E-state index is 6.40. The summed E-state index contributed by atoms with van der Waals surface area (Å²) in [6, 6.07) is 75.6. The van der Waals surface area contributed by atoms with Crippen molar-refractivity contribution in [2.24, 2.45) is 0 Å². The fourth-order valence-electron chi connectivity index (χ4n) is 8.91. The van der Waals surface area contributed by atoms with Gasteiger partial charge >= 0.3 is 0 Å². The topological polar surface area (TPSA) is 35.9 Å². The largest absolute Gasteiger partial charge is 0.440 e. The molecule has 4 nitrogen and oxygen atoms in total. The van der Waals surface area contributed by atoms with E-state index in [0.29, 0.717) is 0 Å². The normalized spacial score (nSPS) is 11.7. The number of hydrogen-bond donors (Lipinski definition) is 0. The third-order valence-electron chi connectivity index (χ3n) is 11.7. The predicted molar refractivity (Wildman–Crippen MR) is 244 cm³/mol. The summed E-state index contributed by atoms with van der Waals surface area (Å²) in [5.74, 6) is 0.821. The van der Waals surface area contributed by atoms with Crippen molar-refractivity contribution in [1.29, 1.82) is 0 Å². The first-order chi connectivity index (χ1) is 29.2. The Morgan fingerprint density at radius 3 is 1.42 bits per heavy atom. The second-order valence-electron chi connectivity index (χ2n) is 15.2. The van der Waals surface area contributed by atoms with Gasteiger partial charge in [-0.15, -0.1) is 0 Å². The van der Waals surface area contributed by atoms with Crippen molar-refractivity contribution in [3.63, 3.8) is 0 Å². The molecule has 4 heteroatoms. The van der Waals surface area contributed by atoms with Crippen LogP contribution in [0.15, 0.2) is 217 Å². The molecular weight excluding hydrogens is 719 g/mol. The molecule has 4 aromatic heterocycles. The van der Waals surface area contributed by atoms with E-state index < -0.39 is 0 Å². The molecule has 276 valence electrons. The minimum absolute atomic E-state index is 0.821. The van der Waals surface area contributed by atoms with Crippen molar-refractivity contribution in [2.45, 2.75) is 0 Å². The molecule has 0 aliphatic heterocycles. The van der Waals surface area contributed by atoms with Gasteiger partial charge in [-0.2, -0.15) is 0 Å². The minimum atomic E-state index is 0.821. The number of nitrogens with zero attached hydrogens (tertiary/aromatic N) is 3. The molecule has 0 aliphatic carbocycles. The quantitative estimate of drug-likeness (QED) is 0.169. The lowest BCUT2D eigenvalue weighted by atomic mass is 9.99. The van der Waals surface area contributed by atoms with Gasteiger partial charge in [0.25, 0.3) is 0 Å². The van der Waals surface area contributed by atoms with Crippen LogP contribution in [-0.2, 0) is 0 Å². The molecule has 0 amide bonds. The molecule has 8 aromatic carbocycles. The molecule has 0 saturated heterocycles. The molecular formula is C55H35N3O. The molecule has 0 atom stereocenters. The molecule has 0 radical (unpaired) electrons. The number of aromatic nitrogens is 3. The van der Waals surface area contributed by atoms with Crippen molar-refractivity contribution in [2.75, 3.05) is 0 Å². The van der Waals surface area contributed by atoms with E-state index in [1.54, 1.807) is 0 Å². The Balaban J connectivity index is 0.952. The molecule has 12 rings (SSSR count). The van der Waals surface area contributed by atoms with E-state index in [-0.39, 0.29) is 0 Å². The summed E-state index contributed by atoms with van der Waals surface area (Å²) in [7, 11) is 0. The van der Waals surface area contributed by atoms with E-state index in [0.717, 1.165) is 67.2 Å². The summed E-state index contributed by atoms with van der Waals surface area (Å²) < 4.78 is 11.0. The number of para-hydroxylation sites is 3. The number of hydrogen-bond acceptors (Lipinski definition) is 2. The van der Waals surface area contributed by atoms with E-state index in [9.17, 15) is 0 Å². The van der Waals surface area contributed by atoms with Gasteiger partial charge < -0.3 is 8.98 Å². The van der Waals surface area contributed by atoms with Crippen LogP contribution in [0.4, 0.5) is 0 Å². The molecule has 0 fully saturated rings. The van der Waals surface area contributed by atoms with Crippen LogP contribution in [0.3, 0.4) is 0 Å². The Morgan fingerprint density at radius 1 is 0.322 bits per heavy atom. The second-order valence-corrected chi connectivity index (χ2v) is 15.2. The number of benzene rings is 8. The van der Waals surface area contributed by atoms with Crippen LogP contribution in [0.5, 0.6) is 0 Å². The van der Waals surface area contributed by atoms with Crippen LogP contribution in [0.2, 0.25) is 0 Å². The summed E-state index contributed by atoms with van der Waals surface area (Å²) in [6.07, 6.45) is 0. The summed E-state index contributed by atoms with van der Waals surface area (Å²) in [4.78, 5) is 5.10. The maximum absolute atomic E-state index is 6.40. The highest BCUT2D eigenvalue weighted by Gasteiger charge is 2.18. The van der Waals surface area contributed by atoms with Gasteiger partial charge in [-0.1, -0.05) is 140 Å². The van der Waals surface area contributed by atoms with E-state index in [2.05, 4.69) is 197 Å². The molecule has 0 N–H and O–H groups in total. The van der Waals surface area contributed by atoms with Gasteiger partial charge in [-0.3, -0.25) is 4.57 Å². The Morgan fingerprint density at radius 2 is 0.814 bits per heavy atom. The highest BCUT2D eigenvalue weighted by molar-refractivity contribution is 6.12. The molecule has 4 heterocycles. The highest BCUT2D eigenvalue weighted by Crippen LogP contribution is 2.39. The van der Waals surface area contributed by atoms with Gasteiger partial charge in [0.1, 0.15) is 5.58 Å². The average Bonchev–Trinajstić information content (AvgIpc) is 3.99. The van der Waals surface area contributed by atoms with Crippen molar-refractivity contribution in [3.8, 4) is 56.3 Å². The smallest absolute Gasteiger partial charge is 0.205 e. The molecule has 59 heavy (non-hydrogen) atoms. The van der Waals surface area contributed by atoms with Crippen LogP contribution in [-0.4, -0.2) is 14.1 Å². The first kappa shape index (κ1) is 33.2. The Bertz CT molecular complexity index is 3450. The first-order valence-corrected chi connectivity index (χ1v) is 20.0. The molecule has 0 unspecified atom stereocenters. The predicted octanol–water partition coefficient (Wildman–Crippen LogP) is 14.7. The molecule has 0 aliphatic rings. The lowest BCUT2D eigenvalue weighted by Gasteiger charge is -2.12. The van der Waals surface area contributed by atoms with Crippen molar-refractivity contribution < 1.29 is 4.42 Å². The number of rotatable bonds is 6. The van der Waals surface area contributed by atoms with E-state index in [1.807, 2.05) is 24.3 Å². The summed E-state index contributed by atoms with van der Waals surface area (Å²) >= 11 is 0. The van der Waals surface area contributed by atoms with E-state index in [4.69, 9.17) is 9.40 Å². The van der Waals surface area contributed by atoms with Crippen LogP contribution in [0.25, 0.3) is 111 Å². The molecule has 0 saturated carbocycles. The lowest BCUT2D eigenvalue weighted by molar-refractivity contribution is 0.590. The Hall–Kier alpha value is -7.95. The lowest BCUT2D eigenvalue weighted by Crippen LogP contribution is -1.94. The fraction of sp³-hybridized carbons (Fsp3) is 0. The number of pyridine rings is 1. The Kier molecular flexibility index (Phi) is 7.50. The number of fused-ring (bicyclic) bond motifs is 7. The van der Waals surface area contributed by atoms with Crippen molar-refractivity contribution in [1.82, 2.24) is 14.1 Å². The third-order valence-corrected chi connectivity index (χ3v) is 11.7. The molecule has 12 aromatic rings. The molecule has 0 spiro atoms.